The van der Waals surface area contributed by atoms with Crippen molar-refractivity contribution >= 4 is 16.6 Å². The molecular weight excluding hydrogens is 212 g/mol. The SMILES string of the molecule is CCOc1ccc2nc(C(C)C)cc(N)c2c1. The van der Waals surface area contributed by atoms with Crippen molar-refractivity contribution in [3.05, 3.63) is 30.0 Å². The van der Waals surface area contributed by atoms with Gasteiger partial charge in [0.05, 0.1) is 12.1 Å². The van der Waals surface area contributed by atoms with Gasteiger partial charge >= 0.3 is 0 Å². The monoisotopic (exact) mass is 230 g/mol. The number of hydrogen-bond acceptors (Lipinski definition) is 3. The number of ether oxygens (including phenoxy) is 1. The number of nitrogen functional groups attached to an aromatic ring is 1. The van der Waals surface area contributed by atoms with Crippen molar-refractivity contribution in [1.82, 2.24) is 4.98 Å². The molecule has 0 radical (unpaired) electrons. The van der Waals surface area contributed by atoms with Gasteiger partial charge < -0.3 is 10.5 Å². The van der Waals surface area contributed by atoms with Crippen molar-refractivity contribution in [2.75, 3.05) is 12.3 Å². The molecule has 0 bridgehead atoms. The first-order valence-corrected chi connectivity index (χ1v) is 5.94. The van der Waals surface area contributed by atoms with Crippen LogP contribution in [-0.4, -0.2) is 11.6 Å². The highest BCUT2D eigenvalue weighted by molar-refractivity contribution is 5.91. The molecule has 0 unspecified atom stereocenters. The molecule has 0 fully saturated rings. The first kappa shape index (κ1) is 11.7. The minimum absolute atomic E-state index is 0.383. The molecule has 1 aromatic carbocycles. The normalized spacial score (nSPS) is 11.1. The molecule has 0 aliphatic carbocycles. The van der Waals surface area contributed by atoms with Crippen LogP contribution >= 0.6 is 0 Å². The van der Waals surface area contributed by atoms with E-state index in [2.05, 4.69) is 18.8 Å². The minimum atomic E-state index is 0.383. The third kappa shape index (κ3) is 2.33. The van der Waals surface area contributed by atoms with Gasteiger partial charge in [-0.1, -0.05) is 13.8 Å². The van der Waals surface area contributed by atoms with Crippen LogP contribution in [-0.2, 0) is 0 Å². The fraction of sp³-hybridized carbons (Fsp3) is 0.357. The highest BCUT2D eigenvalue weighted by Gasteiger charge is 2.07. The molecule has 2 aromatic rings. The van der Waals surface area contributed by atoms with E-state index >= 15 is 0 Å². The first-order valence-electron chi connectivity index (χ1n) is 5.94. The summed E-state index contributed by atoms with van der Waals surface area (Å²) in [4.78, 5) is 4.60. The molecule has 0 saturated heterocycles. The lowest BCUT2D eigenvalue weighted by atomic mass is 10.1. The Morgan fingerprint density at radius 2 is 2.06 bits per heavy atom. The van der Waals surface area contributed by atoms with Crippen LogP contribution in [0.1, 0.15) is 32.4 Å². The zero-order valence-electron chi connectivity index (χ0n) is 10.5. The fourth-order valence-corrected chi connectivity index (χ4v) is 1.80. The maximum Gasteiger partial charge on any atom is 0.120 e. The van der Waals surface area contributed by atoms with Gasteiger partial charge in [0.2, 0.25) is 0 Å². The second-order valence-corrected chi connectivity index (χ2v) is 4.40. The summed E-state index contributed by atoms with van der Waals surface area (Å²) in [5.41, 5.74) is 8.78. The standard InChI is InChI=1S/C14H18N2O/c1-4-17-10-5-6-13-11(7-10)12(15)8-14(16-13)9(2)3/h5-9H,4H2,1-3H3,(H2,15,16). The number of fused-ring (bicyclic) bond motifs is 1. The number of pyridine rings is 1. The molecule has 2 N–H and O–H groups in total. The quantitative estimate of drug-likeness (QED) is 0.879. The second-order valence-electron chi connectivity index (χ2n) is 4.40. The van der Waals surface area contributed by atoms with Crippen LogP contribution in [0.3, 0.4) is 0 Å². The number of nitrogens with zero attached hydrogens (tertiary/aromatic N) is 1. The van der Waals surface area contributed by atoms with E-state index in [9.17, 15) is 0 Å². The molecule has 1 heterocycles. The third-order valence-corrected chi connectivity index (χ3v) is 2.73. The minimum Gasteiger partial charge on any atom is -0.494 e. The Morgan fingerprint density at radius 3 is 2.71 bits per heavy atom. The molecule has 2 rings (SSSR count). The molecule has 0 amide bonds. The highest BCUT2D eigenvalue weighted by atomic mass is 16.5. The van der Waals surface area contributed by atoms with Crippen molar-refractivity contribution in [2.24, 2.45) is 0 Å². The van der Waals surface area contributed by atoms with Gasteiger partial charge in [-0.2, -0.15) is 0 Å². The van der Waals surface area contributed by atoms with Gasteiger partial charge in [0, 0.05) is 16.8 Å². The summed E-state index contributed by atoms with van der Waals surface area (Å²) in [7, 11) is 0. The van der Waals surface area contributed by atoms with Crippen molar-refractivity contribution in [3.63, 3.8) is 0 Å². The van der Waals surface area contributed by atoms with E-state index < -0.39 is 0 Å². The third-order valence-electron chi connectivity index (χ3n) is 2.73. The summed E-state index contributed by atoms with van der Waals surface area (Å²) in [6.07, 6.45) is 0. The number of hydrogen-bond donors (Lipinski definition) is 1. The summed E-state index contributed by atoms with van der Waals surface area (Å²) < 4.78 is 5.46. The topological polar surface area (TPSA) is 48.1 Å². The lowest BCUT2D eigenvalue weighted by Gasteiger charge is -2.10. The fourth-order valence-electron chi connectivity index (χ4n) is 1.80. The van der Waals surface area contributed by atoms with Gasteiger partial charge in [0.25, 0.3) is 0 Å². The van der Waals surface area contributed by atoms with Crippen LogP contribution in [0.25, 0.3) is 10.9 Å². The molecule has 17 heavy (non-hydrogen) atoms. The van der Waals surface area contributed by atoms with Gasteiger partial charge in [-0.05, 0) is 37.1 Å². The Morgan fingerprint density at radius 1 is 1.29 bits per heavy atom. The van der Waals surface area contributed by atoms with Crippen LogP contribution in [0.2, 0.25) is 0 Å². The summed E-state index contributed by atoms with van der Waals surface area (Å²) in [6.45, 7) is 6.85. The number of rotatable bonds is 3. The summed E-state index contributed by atoms with van der Waals surface area (Å²) in [6, 6.07) is 7.79. The smallest absolute Gasteiger partial charge is 0.120 e. The van der Waals surface area contributed by atoms with Crippen LogP contribution in [0.5, 0.6) is 5.75 Å². The van der Waals surface area contributed by atoms with E-state index in [-0.39, 0.29) is 0 Å². The molecule has 1 aromatic heterocycles. The average Bonchev–Trinajstić information content (AvgIpc) is 2.30. The summed E-state index contributed by atoms with van der Waals surface area (Å²) in [5, 5.41) is 0.959. The Hall–Kier alpha value is -1.77. The predicted molar refractivity (Wildman–Crippen MR) is 71.4 cm³/mol. The van der Waals surface area contributed by atoms with E-state index in [1.165, 1.54) is 0 Å². The molecule has 90 valence electrons. The van der Waals surface area contributed by atoms with Crippen LogP contribution in [0.15, 0.2) is 24.3 Å². The van der Waals surface area contributed by atoms with Gasteiger partial charge in [0.1, 0.15) is 5.75 Å². The van der Waals surface area contributed by atoms with E-state index in [4.69, 9.17) is 10.5 Å². The molecule has 0 aliphatic rings. The van der Waals surface area contributed by atoms with Crippen molar-refractivity contribution in [3.8, 4) is 5.75 Å². The van der Waals surface area contributed by atoms with Crippen molar-refractivity contribution in [1.29, 1.82) is 0 Å². The predicted octanol–water partition coefficient (Wildman–Crippen LogP) is 3.34. The lowest BCUT2D eigenvalue weighted by molar-refractivity contribution is 0.340. The first-order chi connectivity index (χ1) is 8.11. The van der Waals surface area contributed by atoms with Gasteiger partial charge in [0.15, 0.2) is 0 Å². The number of benzene rings is 1. The number of aromatic nitrogens is 1. The summed E-state index contributed by atoms with van der Waals surface area (Å²) >= 11 is 0. The Balaban J connectivity index is 2.56. The average molecular weight is 230 g/mol. The molecule has 0 spiro atoms. The van der Waals surface area contributed by atoms with Gasteiger partial charge in [-0.15, -0.1) is 0 Å². The van der Waals surface area contributed by atoms with E-state index in [1.54, 1.807) is 0 Å². The van der Waals surface area contributed by atoms with Crippen LogP contribution < -0.4 is 10.5 Å². The molecule has 3 nitrogen and oxygen atoms in total. The van der Waals surface area contributed by atoms with Crippen LogP contribution in [0.4, 0.5) is 5.69 Å². The van der Waals surface area contributed by atoms with E-state index in [0.717, 1.165) is 28.0 Å². The maximum absolute atomic E-state index is 6.06. The number of anilines is 1. The van der Waals surface area contributed by atoms with Gasteiger partial charge in [-0.25, -0.2) is 0 Å². The zero-order valence-corrected chi connectivity index (χ0v) is 10.5. The van der Waals surface area contributed by atoms with Crippen molar-refractivity contribution in [2.45, 2.75) is 26.7 Å². The van der Waals surface area contributed by atoms with Crippen LogP contribution in [0, 0.1) is 0 Å². The Kier molecular flexibility index (Phi) is 3.18. The molecule has 3 heteroatoms. The highest BCUT2D eigenvalue weighted by Crippen LogP contribution is 2.27. The van der Waals surface area contributed by atoms with Gasteiger partial charge in [-0.3, -0.25) is 4.98 Å². The molecule has 0 aliphatic heterocycles. The molecular formula is C14H18N2O. The second kappa shape index (κ2) is 4.62. The Labute approximate surface area is 102 Å². The largest absolute Gasteiger partial charge is 0.494 e. The summed E-state index contributed by atoms with van der Waals surface area (Å²) in [5.74, 6) is 1.22. The van der Waals surface area contributed by atoms with E-state index in [0.29, 0.717) is 12.5 Å². The maximum atomic E-state index is 6.06. The zero-order chi connectivity index (χ0) is 12.4. The molecule has 0 saturated carbocycles. The van der Waals surface area contributed by atoms with E-state index in [1.807, 2.05) is 31.2 Å². The molecule has 0 atom stereocenters. The number of nitrogens with two attached hydrogens (primary N) is 1. The van der Waals surface area contributed by atoms with Crippen molar-refractivity contribution < 1.29 is 4.74 Å². The Bertz CT molecular complexity index is 535. The lowest BCUT2D eigenvalue weighted by Crippen LogP contribution is -1.98.